The highest BCUT2D eigenvalue weighted by molar-refractivity contribution is 7.89. The number of hydrogen-bond donors (Lipinski definition) is 2. The summed E-state index contributed by atoms with van der Waals surface area (Å²) in [5.74, 6) is -0.683. The number of amides is 1. The Labute approximate surface area is 199 Å². The van der Waals surface area contributed by atoms with Crippen LogP contribution in [0, 0.1) is 33.6 Å². The Balaban J connectivity index is 1.84. The van der Waals surface area contributed by atoms with Crippen molar-refractivity contribution >= 4 is 32.4 Å². The standard InChI is InChI=1S/C24H30N4O3S2/c1-7-16(4)20(28-33(30,31)21-17(5)11-15(3)12-18(21)6)22(29)25-24-27-26-23(32-24)19-10-8-9-14(2)13-19/h8-13,16,20,28H,7H2,1-6H3,(H,25,27,29). The van der Waals surface area contributed by atoms with Gasteiger partial charge in [-0.05, 0) is 50.8 Å². The van der Waals surface area contributed by atoms with Crippen LogP contribution in [0.1, 0.15) is 42.5 Å². The van der Waals surface area contributed by atoms with Crippen LogP contribution in [-0.2, 0) is 14.8 Å². The lowest BCUT2D eigenvalue weighted by molar-refractivity contribution is -0.118. The first-order chi connectivity index (χ1) is 15.5. The van der Waals surface area contributed by atoms with Gasteiger partial charge in [0.25, 0.3) is 0 Å². The van der Waals surface area contributed by atoms with E-state index in [9.17, 15) is 13.2 Å². The quantitative estimate of drug-likeness (QED) is 0.478. The zero-order valence-corrected chi connectivity index (χ0v) is 21.4. The molecule has 2 unspecified atom stereocenters. The van der Waals surface area contributed by atoms with Crippen LogP contribution < -0.4 is 10.0 Å². The van der Waals surface area contributed by atoms with Gasteiger partial charge in [0.1, 0.15) is 11.0 Å². The van der Waals surface area contributed by atoms with Crippen molar-refractivity contribution in [2.75, 3.05) is 5.32 Å². The number of sulfonamides is 1. The Morgan fingerprint density at radius 3 is 2.30 bits per heavy atom. The molecule has 2 aromatic carbocycles. The first-order valence-corrected chi connectivity index (χ1v) is 13.1. The molecular weight excluding hydrogens is 456 g/mol. The fourth-order valence-electron chi connectivity index (χ4n) is 3.83. The van der Waals surface area contributed by atoms with Crippen molar-refractivity contribution in [3.8, 4) is 10.6 Å². The summed E-state index contributed by atoms with van der Waals surface area (Å²) >= 11 is 1.25. The number of nitrogens with one attached hydrogen (secondary N) is 2. The van der Waals surface area contributed by atoms with Crippen LogP contribution in [0.4, 0.5) is 5.13 Å². The van der Waals surface area contributed by atoms with E-state index in [2.05, 4.69) is 20.2 Å². The van der Waals surface area contributed by atoms with Crippen molar-refractivity contribution in [2.45, 2.75) is 58.9 Å². The molecule has 3 aromatic rings. The van der Waals surface area contributed by atoms with E-state index in [-0.39, 0.29) is 10.8 Å². The number of rotatable bonds is 8. The minimum Gasteiger partial charge on any atom is -0.299 e. The summed E-state index contributed by atoms with van der Waals surface area (Å²) in [6, 6.07) is 10.6. The van der Waals surface area contributed by atoms with Gasteiger partial charge in [-0.1, -0.05) is 73.1 Å². The first kappa shape index (κ1) is 25.0. The van der Waals surface area contributed by atoms with Gasteiger partial charge in [0.05, 0.1) is 4.90 Å². The molecule has 7 nitrogen and oxygen atoms in total. The Morgan fingerprint density at radius 2 is 1.70 bits per heavy atom. The monoisotopic (exact) mass is 486 g/mol. The third kappa shape index (κ3) is 5.85. The van der Waals surface area contributed by atoms with E-state index in [1.54, 1.807) is 13.8 Å². The second-order valence-corrected chi connectivity index (χ2v) is 11.1. The average molecular weight is 487 g/mol. The van der Waals surface area contributed by atoms with Gasteiger partial charge in [-0.3, -0.25) is 10.1 Å². The Hall–Kier alpha value is -2.62. The van der Waals surface area contributed by atoms with Crippen molar-refractivity contribution in [1.82, 2.24) is 14.9 Å². The predicted octanol–water partition coefficient (Wildman–Crippen LogP) is 4.77. The molecule has 0 aliphatic rings. The molecule has 0 bridgehead atoms. The highest BCUT2D eigenvalue weighted by Gasteiger charge is 2.32. The molecule has 2 atom stereocenters. The number of carbonyl (C=O) groups excluding carboxylic acids is 1. The maximum Gasteiger partial charge on any atom is 0.244 e. The van der Waals surface area contributed by atoms with Crippen LogP contribution in [0.3, 0.4) is 0 Å². The molecule has 176 valence electrons. The predicted molar refractivity (Wildman–Crippen MR) is 133 cm³/mol. The molecule has 0 aliphatic carbocycles. The smallest absolute Gasteiger partial charge is 0.244 e. The zero-order valence-electron chi connectivity index (χ0n) is 19.8. The average Bonchev–Trinajstić information content (AvgIpc) is 3.19. The van der Waals surface area contributed by atoms with Crippen LogP contribution >= 0.6 is 11.3 Å². The fourth-order valence-corrected chi connectivity index (χ4v) is 6.33. The van der Waals surface area contributed by atoms with E-state index >= 15 is 0 Å². The first-order valence-electron chi connectivity index (χ1n) is 10.8. The molecule has 1 heterocycles. The summed E-state index contributed by atoms with van der Waals surface area (Å²) in [5, 5.41) is 12.0. The third-order valence-corrected chi connectivity index (χ3v) is 8.20. The summed E-state index contributed by atoms with van der Waals surface area (Å²) in [4.78, 5) is 13.4. The van der Waals surface area contributed by atoms with Crippen molar-refractivity contribution in [3.63, 3.8) is 0 Å². The van der Waals surface area contributed by atoms with Gasteiger partial charge in [-0.15, -0.1) is 10.2 Å². The van der Waals surface area contributed by atoms with E-state index in [0.29, 0.717) is 27.7 Å². The summed E-state index contributed by atoms with van der Waals surface area (Å²) in [6.45, 7) is 11.2. The zero-order chi connectivity index (χ0) is 24.3. The molecule has 1 aromatic heterocycles. The summed E-state index contributed by atoms with van der Waals surface area (Å²) in [6.07, 6.45) is 0.622. The summed E-state index contributed by atoms with van der Waals surface area (Å²) in [7, 11) is -3.92. The van der Waals surface area contributed by atoms with Gasteiger partial charge in [0.15, 0.2) is 0 Å². The number of anilines is 1. The Morgan fingerprint density at radius 1 is 1.03 bits per heavy atom. The van der Waals surface area contributed by atoms with E-state index < -0.39 is 22.0 Å². The number of benzene rings is 2. The molecule has 0 aliphatic heterocycles. The minimum atomic E-state index is -3.92. The second kappa shape index (κ2) is 10.1. The molecule has 9 heteroatoms. The largest absolute Gasteiger partial charge is 0.299 e. The fraction of sp³-hybridized carbons (Fsp3) is 0.375. The van der Waals surface area contributed by atoms with Crippen molar-refractivity contribution in [3.05, 3.63) is 58.7 Å². The van der Waals surface area contributed by atoms with Crippen molar-refractivity contribution in [1.29, 1.82) is 0 Å². The summed E-state index contributed by atoms with van der Waals surface area (Å²) < 4.78 is 29.2. The maximum atomic E-state index is 13.3. The molecular formula is C24H30N4O3S2. The van der Waals surface area contributed by atoms with Gasteiger partial charge < -0.3 is 0 Å². The SMILES string of the molecule is CCC(C)C(NS(=O)(=O)c1c(C)cc(C)cc1C)C(=O)Nc1nnc(-c2cccc(C)c2)s1. The molecule has 1 amide bonds. The van der Waals surface area contributed by atoms with Crippen LogP contribution in [0.5, 0.6) is 0 Å². The number of aryl methyl sites for hydroxylation is 4. The van der Waals surface area contributed by atoms with Gasteiger partial charge >= 0.3 is 0 Å². The molecule has 0 fully saturated rings. The molecule has 0 spiro atoms. The van der Waals surface area contributed by atoms with Gasteiger partial charge in [0.2, 0.25) is 21.1 Å². The number of aromatic nitrogens is 2. The van der Waals surface area contributed by atoms with Crippen LogP contribution in [0.2, 0.25) is 0 Å². The maximum absolute atomic E-state index is 13.3. The lowest BCUT2D eigenvalue weighted by Crippen LogP contribution is -2.47. The molecule has 0 radical (unpaired) electrons. The van der Waals surface area contributed by atoms with Crippen LogP contribution in [0.15, 0.2) is 41.3 Å². The van der Waals surface area contributed by atoms with Gasteiger partial charge in [-0.25, -0.2) is 8.42 Å². The molecule has 33 heavy (non-hydrogen) atoms. The van der Waals surface area contributed by atoms with Gasteiger partial charge in [0, 0.05) is 5.56 Å². The number of carbonyl (C=O) groups is 1. The van der Waals surface area contributed by atoms with Gasteiger partial charge in [-0.2, -0.15) is 4.72 Å². The highest BCUT2D eigenvalue weighted by atomic mass is 32.2. The molecule has 3 rings (SSSR count). The summed E-state index contributed by atoms with van der Waals surface area (Å²) in [5.41, 5.74) is 4.30. The normalized spacial score (nSPS) is 13.5. The van der Waals surface area contributed by atoms with E-state index in [4.69, 9.17) is 0 Å². The lowest BCUT2D eigenvalue weighted by atomic mass is 9.99. The Bertz CT molecular complexity index is 1250. The Kier molecular flexibility index (Phi) is 7.66. The number of hydrogen-bond acceptors (Lipinski definition) is 6. The molecule has 0 saturated heterocycles. The lowest BCUT2D eigenvalue weighted by Gasteiger charge is -2.24. The van der Waals surface area contributed by atoms with Crippen LogP contribution in [0.25, 0.3) is 10.6 Å². The molecule has 0 saturated carbocycles. The van der Waals surface area contributed by atoms with Crippen LogP contribution in [-0.4, -0.2) is 30.6 Å². The number of nitrogens with zero attached hydrogens (tertiary/aromatic N) is 2. The topological polar surface area (TPSA) is 101 Å². The van der Waals surface area contributed by atoms with Crippen molar-refractivity contribution in [2.24, 2.45) is 5.92 Å². The third-order valence-electron chi connectivity index (χ3n) is 5.57. The van der Waals surface area contributed by atoms with E-state index in [0.717, 1.165) is 16.7 Å². The van der Waals surface area contributed by atoms with Crippen molar-refractivity contribution < 1.29 is 13.2 Å². The second-order valence-electron chi connectivity index (χ2n) is 8.48. The highest BCUT2D eigenvalue weighted by Crippen LogP contribution is 2.28. The van der Waals surface area contributed by atoms with E-state index in [1.165, 1.54) is 11.3 Å². The minimum absolute atomic E-state index is 0.215. The van der Waals surface area contributed by atoms with E-state index in [1.807, 2.05) is 64.1 Å². The molecule has 2 N–H and O–H groups in total.